The van der Waals surface area contributed by atoms with Gasteiger partial charge < -0.3 is 4.74 Å². The third-order valence-corrected chi connectivity index (χ3v) is 1.73. The van der Waals surface area contributed by atoms with Gasteiger partial charge in [-0.05, 0) is 25.1 Å². The highest BCUT2D eigenvalue weighted by atomic mass is 35.5. The van der Waals surface area contributed by atoms with Crippen LogP contribution in [0.4, 0.5) is 0 Å². The van der Waals surface area contributed by atoms with E-state index in [9.17, 15) is 9.59 Å². The number of carbonyl (C=O) groups excluding carboxylic acids is 2. The zero-order valence-corrected chi connectivity index (χ0v) is 7.67. The van der Waals surface area contributed by atoms with Crippen LogP contribution < -0.4 is 4.74 Å². The lowest BCUT2D eigenvalue weighted by atomic mass is 10.1. The first-order chi connectivity index (χ1) is 6.15. The minimum Gasteiger partial charge on any atom is -0.428 e. The van der Waals surface area contributed by atoms with Crippen LogP contribution in [0, 0.1) is 0 Å². The topological polar surface area (TPSA) is 43.4 Å². The number of ether oxygens (including phenoxy) is 1. The van der Waals surface area contributed by atoms with E-state index >= 15 is 0 Å². The molecule has 0 aliphatic carbocycles. The lowest BCUT2D eigenvalue weighted by Gasteiger charge is -2.03. The number of Topliss-reactive ketones (excluding diaryl/α,β-unsaturated/α-hetero) is 1. The Bertz CT molecular complexity index is 347. The second kappa shape index (κ2) is 4.05. The van der Waals surface area contributed by atoms with Gasteiger partial charge >= 0.3 is 0 Å². The van der Waals surface area contributed by atoms with Crippen molar-refractivity contribution in [2.75, 3.05) is 0 Å². The van der Waals surface area contributed by atoms with E-state index in [0.29, 0.717) is 10.6 Å². The van der Waals surface area contributed by atoms with Crippen molar-refractivity contribution < 1.29 is 14.3 Å². The Morgan fingerprint density at radius 1 is 1.54 bits per heavy atom. The summed E-state index contributed by atoms with van der Waals surface area (Å²) in [5.74, 6) is 0.0336. The quantitative estimate of drug-likeness (QED) is 0.552. The average molecular weight is 199 g/mol. The van der Waals surface area contributed by atoms with Gasteiger partial charge in [-0.3, -0.25) is 9.59 Å². The van der Waals surface area contributed by atoms with E-state index in [2.05, 4.69) is 4.74 Å². The Morgan fingerprint density at radius 3 is 2.77 bits per heavy atom. The molecule has 0 saturated heterocycles. The molecular weight excluding hydrogens is 192 g/mol. The van der Waals surface area contributed by atoms with Gasteiger partial charge in [0.15, 0.2) is 5.78 Å². The van der Waals surface area contributed by atoms with Crippen LogP contribution in [-0.4, -0.2) is 12.3 Å². The van der Waals surface area contributed by atoms with Crippen LogP contribution in [0.5, 0.6) is 5.75 Å². The Kier molecular flexibility index (Phi) is 3.03. The Labute approximate surface area is 80.3 Å². The summed E-state index contributed by atoms with van der Waals surface area (Å²) >= 11 is 5.66. The van der Waals surface area contributed by atoms with Crippen molar-refractivity contribution in [3.63, 3.8) is 0 Å². The number of hydrogen-bond donors (Lipinski definition) is 0. The highest BCUT2D eigenvalue weighted by Crippen LogP contribution is 2.22. The van der Waals surface area contributed by atoms with Crippen LogP contribution in [0.25, 0.3) is 0 Å². The fourth-order valence-electron chi connectivity index (χ4n) is 0.932. The number of hydrogen-bond acceptors (Lipinski definition) is 3. The van der Waals surface area contributed by atoms with Gasteiger partial charge in [0, 0.05) is 5.02 Å². The van der Waals surface area contributed by atoms with Gasteiger partial charge in [0.05, 0.1) is 5.56 Å². The third kappa shape index (κ3) is 2.29. The van der Waals surface area contributed by atoms with Gasteiger partial charge in [0.2, 0.25) is 0 Å². The summed E-state index contributed by atoms with van der Waals surface area (Å²) in [5, 5.41) is 0.434. The molecule has 4 heteroatoms. The second-order valence-electron chi connectivity index (χ2n) is 2.41. The standard InChI is InChI=1S/C9H7ClO3/c1-6(12)8-4-7(10)2-3-9(8)13-5-11/h2-5H,1H3. The molecule has 0 spiro atoms. The SMILES string of the molecule is CC(=O)c1cc(Cl)ccc1OC=O. The van der Waals surface area contributed by atoms with Crippen LogP contribution in [0.3, 0.4) is 0 Å². The molecule has 0 heterocycles. The Morgan fingerprint density at radius 2 is 2.23 bits per heavy atom. The molecule has 0 aliphatic heterocycles. The molecule has 0 radical (unpaired) electrons. The molecule has 0 amide bonds. The summed E-state index contributed by atoms with van der Waals surface area (Å²) < 4.78 is 4.59. The number of ketones is 1. The van der Waals surface area contributed by atoms with Gasteiger partial charge in [-0.2, -0.15) is 0 Å². The molecule has 1 rings (SSSR count). The predicted molar refractivity (Wildman–Crippen MR) is 48.1 cm³/mol. The fourth-order valence-corrected chi connectivity index (χ4v) is 1.10. The highest BCUT2D eigenvalue weighted by molar-refractivity contribution is 6.31. The molecule has 68 valence electrons. The zero-order valence-electron chi connectivity index (χ0n) is 6.91. The van der Waals surface area contributed by atoms with Crippen molar-refractivity contribution in [3.05, 3.63) is 28.8 Å². The van der Waals surface area contributed by atoms with E-state index in [0.717, 1.165) is 0 Å². The van der Waals surface area contributed by atoms with Gasteiger partial charge in [-0.25, -0.2) is 0 Å². The summed E-state index contributed by atoms with van der Waals surface area (Å²) in [6.07, 6.45) is 0. The summed E-state index contributed by atoms with van der Waals surface area (Å²) in [7, 11) is 0. The lowest BCUT2D eigenvalue weighted by molar-refractivity contribution is -0.120. The van der Waals surface area contributed by atoms with Crippen molar-refractivity contribution in [1.82, 2.24) is 0 Å². The Balaban J connectivity index is 3.17. The summed E-state index contributed by atoms with van der Waals surface area (Å²) in [5.41, 5.74) is 0.305. The third-order valence-electron chi connectivity index (χ3n) is 1.50. The minimum atomic E-state index is -0.195. The average Bonchev–Trinajstić information content (AvgIpc) is 2.08. The zero-order chi connectivity index (χ0) is 9.84. The number of carbonyl (C=O) groups is 2. The first-order valence-corrected chi connectivity index (χ1v) is 3.93. The second-order valence-corrected chi connectivity index (χ2v) is 2.85. The normalized spacial score (nSPS) is 9.38. The van der Waals surface area contributed by atoms with E-state index in [1.807, 2.05) is 0 Å². The van der Waals surface area contributed by atoms with Crippen molar-refractivity contribution in [1.29, 1.82) is 0 Å². The van der Waals surface area contributed by atoms with Crippen LogP contribution in [0.1, 0.15) is 17.3 Å². The maximum Gasteiger partial charge on any atom is 0.298 e. The number of halogens is 1. The van der Waals surface area contributed by atoms with E-state index < -0.39 is 0 Å². The van der Waals surface area contributed by atoms with Crippen LogP contribution in [0.2, 0.25) is 5.02 Å². The van der Waals surface area contributed by atoms with Crippen LogP contribution in [0.15, 0.2) is 18.2 Å². The molecule has 1 aromatic rings. The lowest BCUT2D eigenvalue weighted by Crippen LogP contribution is -1.98. The van der Waals surface area contributed by atoms with Crippen molar-refractivity contribution in [2.24, 2.45) is 0 Å². The molecule has 0 aromatic heterocycles. The van der Waals surface area contributed by atoms with E-state index in [4.69, 9.17) is 11.6 Å². The molecule has 0 unspecified atom stereocenters. The van der Waals surface area contributed by atoms with Crippen LogP contribution in [-0.2, 0) is 4.79 Å². The van der Waals surface area contributed by atoms with Crippen LogP contribution >= 0.6 is 11.6 Å². The summed E-state index contributed by atoms with van der Waals surface area (Å²) in [6.45, 7) is 1.65. The largest absolute Gasteiger partial charge is 0.428 e. The van der Waals surface area contributed by atoms with Crippen molar-refractivity contribution >= 4 is 23.9 Å². The molecule has 0 saturated carbocycles. The summed E-state index contributed by atoms with van der Waals surface area (Å²) in [6, 6.07) is 4.49. The Hall–Kier alpha value is -1.35. The molecule has 13 heavy (non-hydrogen) atoms. The van der Waals surface area contributed by atoms with Gasteiger partial charge in [0.25, 0.3) is 6.47 Å². The first kappa shape index (κ1) is 9.74. The maximum absolute atomic E-state index is 11.0. The molecule has 3 nitrogen and oxygen atoms in total. The highest BCUT2D eigenvalue weighted by Gasteiger charge is 2.08. The number of rotatable bonds is 3. The van der Waals surface area contributed by atoms with Gasteiger partial charge in [0.1, 0.15) is 5.75 Å². The number of benzene rings is 1. The first-order valence-electron chi connectivity index (χ1n) is 3.56. The van der Waals surface area contributed by atoms with Gasteiger partial charge in [-0.1, -0.05) is 11.6 Å². The molecule has 1 aromatic carbocycles. The molecule has 0 aliphatic rings. The fraction of sp³-hybridized carbons (Fsp3) is 0.111. The van der Waals surface area contributed by atoms with E-state index in [1.54, 1.807) is 6.07 Å². The summed E-state index contributed by atoms with van der Waals surface area (Å²) in [4.78, 5) is 21.1. The van der Waals surface area contributed by atoms with E-state index in [-0.39, 0.29) is 18.0 Å². The predicted octanol–water partition coefficient (Wildman–Crippen LogP) is 2.08. The van der Waals surface area contributed by atoms with Gasteiger partial charge in [-0.15, -0.1) is 0 Å². The van der Waals surface area contributed by atoms with E-state index in [1.165, 1.54) is 19.1 Å². The van der Waals surface area contributed by atoms with Crippen molar-refractivity contribution in [3.8, 4) is 5.75 Å². The maximum atomic E-state index is 11.0. The molecule has 0 N–H and O–H groups in total. The monoisotopic (exact) mass is 198 g/mol. The molecule has 0 bridgehead atoms. The molecule has 0 atom stereocenters. The molecule has 0 fully saturated rings. The minimum absolute atomic E-state index is 0.195. The molecular formula is C9H7ClO3. The smallest absolute Gasteiger partial charge is 0.298 e. The van der Waals surface area contributed by atoms with Crippen molar-refractivity contribution in [2.45, 2.75) is 6.92 Å².